The Labute approximate surface area is 127 Å². The van der Waals surface area contributed by atoms with Crippen molar-refractivity contribution in [2.24, 2.45) is 0 Å². The van der Waals surface area contributed by atoms with Gasteiger partial charge >= 0.3 is 0 Å². The first-order valence-electron chi connectivity index (χ1n) is 8.33. The molecule has 2 fully saturated rings. The number of nitrogens with one attached hydrogen (secondary N) is 1. The molecule has 0 aromatic carbocycles. The summed E-state index contributed by atoms with van der Waals surface area (Å²) in [4.78, 5) is 14.0. The second-order valence-electron chi connectivity index (χ2n) is 6.16. The van der Waals surface area contributed by atoms with Crippen LogP contribution >= 0.6 is 0 Å². The fourth-order valence-electron chi connectivity index (χ4n) is 3.11. The van der Waals surface area contributed by atoms with Gasteiger partial charge in [-0.25, -0.2) is 9.97 Å². The predicted molar refractivity (Wildman–Crippen MR) is 85.4 cm³/mol. The zero-order chi connectivity index (χ0) is 14.7. The minimum Gasteiger partial charge on any atom is -0.339 e. The number of anilines is 1. The van der Waals surface area contributed by atoms with Crippen molar-refractivity contribution in [3.05, 3.63) is 18.0 Å². The largest absolute Gasteiger partial charge is 0.339 e. The molecule has 1 saturated carbocycles. The minimum absolute atomic E-state index is 0.653. The summed E-state index contributed by atoms with van der Waals surface area (Å²) in [7, 11) is 0. The zero-order valence-electron chi connectivity index (χ0n) is 13.3. The monoisotopic (exact) mass is 289 g/mol. The first-order valence-corrected chi connectivity index (χ1v) is 8.33. The third-order valence-electron chi connectivity index (χ3n) is 4.64. The van der Waals surface area contributed by atoms with E-state index in [-0.39, 0.29) is 0 Å². The summed E-state index contributed by atoms with van der Waals surface area (Å²) in [6.45, 7) is 9.76. The van der Waals surface area contributed by atoms with Crippen molar-refractivity contribution in [1.82, 2.24) is 20.2 Å². The van der Waals surface area contributed by atoms with Gasteiger partial charge in [-0.15, -0.1) is 0 Å². The molecular weight excluding hydrogens is 262 g/mol. The van der Waals surface area contributed by atoms with Crippen molar-refractivity contribution in [2.45, 2.75) is 51.7 Å². The topological polar surface area (TPSA) is 44.3 Å². The van der Waals surface area contributed by atoms with Crippen molar-refractivity contribution in [3.8, 4) is 0 Å². The Morgan fingerprint density at radius 2 is 1.90 bits per heavy atom. The van der Waals surface area contributed by atoms with Gasteiger partial charge in [0.2, 0.25) is 5.95 Å². The Morgan fingerprint density at radius 1 is 1.19 bits per heavy atom. The molecule has 1 aromatic heterocycles. The lowest BCUT2D eigenvalue weighted by molar-refractivity contribution is 0.232. The van der Waals surface area contributed by atoms with Crippen LogP contribution in [0.5, 0.6) is 0 Å². The Kier molecular flexibility index (Phi) is 4.70. The standard InChI is InChI=1S/C16H27N5/c1-3-20(4-2)15-7-8-21(12-15)16-18-10-13(11-19-16)9-17-14-5-6-14/h10-11,14-15,17H,3-9,12H2,1-2H3. The molecule has 0 amide bonds. The van der Waals surface area contributed by atoms with Crippen molar-refractivity contribution in [3.63, 3.8) is 0 Å². The molecule has 1 aromatic rings. The highest BCUT2D eigenvalue weighted by Gasteiger charge is 2.27. The highest BCUT2D eigenvalue weighted by atomic mass is 15.3. The third kappa shape index (κ3) is 3.71. The van der Waals surface area contributed by atoms with Gasteiger partial charge in [-0.1, -0.05) is 13.8 Å². The maximum Gasteiger partial charge on any atom is 0.225 e. The summed E-state index contributed by atoms with van der Waals surface area (Å²) in [5, 5.41) is 3.50. The molecule has 1 unspecified atom stereocenters. The third-order valence-corrected chi connectivity index (χ3v) is 4.64. The van der Waals surface area contributed by atoms with Crippen molar-refractivity contribution >= 4 is 5.95 Å². The van der Waals surface area contributed by atoms with Crippen LogP contribution in [0.2, 0.25) is 0 Å². The molecule has 1 aliphatic heterocycles. The van der Waals surface area contributed by atoms with Crippen LogP contribution in [-0.2, 0) is 6.54 Å². The second-order valence-corrected chi connectivity index (χ2v) is 6.16. The van der Waals surface area contributed by atoms with Crippen LogP contribution in [0.25, 0.3) is 0 Å². The van der Waals surface area contributed by atoms with Crippen LogP contribution in [0.3, 0.4) is 0 Å². The van der Waals surface area contributed by atoms with E-state index in [1.165, 1.54) is 24.8 Å². The molecule has 5 heteroatoms. The molecule has 5 nitrogen and oxygen atoms in total. The van der Waals surface area contributed by atoms with Crippen LogP contribution in [0.4, 0.5) is 5.95 Å². The van der Waals surface area contributed by atoms with Crippen molar-refractivity contribution < 1.29 is 0 Å². The molecule has 0 radical (unpaired) electrons. The van der Waals surface area contributed by atoms with Crippen LogP contribution in [0, 0.1) is 0 Å². The lowest BCUT2D eigenvalue weighted by atomic mass is 10.2. The van der Waals surface area contributed by atoms with Gasteiger partial charge in [0.1, 0.15) is 0 Å². The van der Waals surface area contributed by atoms with E-state index >= 15 is 0 Å². The number of aromatic nitrogens is 2. The lowest BCUT2D eigenvalue weighted by Gasteiger charge is -2.26. The fraction of sp³-hybridized carbons (Fsp3) is 0.750. The predicted octanol–water partition coefficient (Wildman–Crippen LogP) is 1.65. The van der Waals surface area contributed by atoms with Gasteiger partial charge in [0, 0.05) is 49.7 Å². The Morgan fingerprint density at radius 3 is 2.52 bits per heavy atom. The molecule has 116 valence electrons. The van der Waals surface area contributed by atoms with E-state index < -0.39 is 0 Å². The molecular formula is C16H27N5. The molecule has 3 rings (SSSR count). The summed E-state index contributed by atoms with van der Waals surface area (Å²) in [6, 6.07) is 1.39. The molecule has 1 atom stereocenters. The average molecular weight is 289 g/mol. The first kappa shape index (κ1) is 14.7. The van der Waals surface area contributed by atoms with E-state index in [1.54, 1.807) is 0 Å². The first-order chi connectivity index (χ1) is 10.3. The Balaban J connectivity index is 1.54. The smallest absolute Gasteiger partial charge is 0.225 e. The molecule has 21 heavy (non-hydrogen) atoms. The van der Waals surface area contributed by atoms with E-state index in [4.69, 9.17) is 0 Å². The summed E-state index contributed by atoms with van der Waals surface area (Å²) >= 11 is 0. The van der Waals surface area contributed by atoms with Gasteiger partial charge < -0.3 is 10.2 Å². The highest BCUT2D eigenvalue weighted by Crippen LogP contribution is 2.21. The second kappa shape index (κ2) is 6.71. The summed E-state index contributed by atoms with van der Waals surface area (Å²) in [5.41, 5.74) is 1.19. The van der Waals surface area contributed by atoms with Gasteiger partial charge in [-0.3, -0.25) is 4.90 Å². The number of rotatable bonds is 7. The van der Waals surface area contributed by atoms with Crippen molar-refractivity contribution in [1.29, 1.82) is 0 Å². The van der Waals surface area contributed by atoms with Crippen LogP contribution in [0.1, 0.15) is 38.7 Å². The quantitative estimate of drug-likeness (QED) is 0.827. The molecule has 1 N–H and O–H groups in total. The lowest BCUT2D eigenvalue weighted by Crippen LogP contribution is -2.37. The van der Waals surface area contributed by atoms with Gasteiger partial charge in [0.25, 0.3) is 0 Å². The van der Waals surface area contributed by atoms with E-state index in [2.05, 4.69) is 38.9 Å². The van der Waals surface area contributed by atoms with E-state index in [9.17, 15) is 0 Å². The number of hydrogen-bond acceptors (Lipinski definition) is 5. The van der Waals surface area contributed by atoms with Crippen molar-refractivity contribution in [2.75, 3.05) is 31.1 Å². The summed E-state index contributed by atoms with van der Waals surface area (Å²) in [5.74, 6) is 0.889. The SMILES string of the molecule is CCN(CC)C1CCN(c2ncc(CNC3CC3)cn2)C1. The number of likely N-dealkylation sites (N-methyl/N-ethyl adjacent to an activating group) is 1. The average Bonchev–Trinajstić information content (AvgIpc) is 3.23. The highest BCUT2D eigenvalue weighted by molar-refractivity contribution is 5.32. The molecule has 0 bridgehead atoms. The van der Waals surface area contributed by atoms with Crippen LogP contribution in [-0.4, -0.2) is 53.1 Å². The number of hydrogen-bond donors (Lipinski definition) is 1. The van der Waals surface area contributed by atoms with Gasteiger partial charge in [-0.2, -0.15) is 0 Å². The van der Waals surface area contributed by atoms with E-state index in [1.807, 2.05) is 12.4 Å². The normalized spacial score (nSPS) is 22.2. The number of nitrogens with zero attached hydrogens (tertiary/aromatic N) is 4. The fourth-order valence-corrected chi connectivity index (χ4v) is 3.11. The minimum atomic E-state index is 0.653. The maximum absolute atomic E-state index is 4.56. The molecule has 0 spiro atoms. The van der Waals surface area contributed by atoms with E-state index in [0.717, 1.165) is 44.7 Å². The molecule has 1 saturated heterocycles. The van der Waals surface area contributed by atoms with Crippen LogP contribution < -0.4 is 10.2 Å². The molecule has 1 aliphatic carbocycles. The Hall–Kier alpha value is -1.20. The zero-order valence-corrected chi connectivity index (χ0v) is 13.3. The molecule has 2 heterocycles. The summed E-state index contributed by atoms with van der Waals surface area (Å²) in [6.07, 6.45) is 7.81. The van der Waals surface area contributed by atoms with Gasteiger partial charge in [-0.05, 0) is 32.4 Å². The maximum atomic E-state index is 4.56. The molecule has 2 aliphatic rings. The Bertz CT molecular complexity index is 438. The van der Waals surface area contributed by atoms with Gasteiger partial charge in [0.15, 0.2) is 0 Å². The van der Waals surface area contributed by atoms with Crippen LogP contribution in [0.15, 0.2) is 12.4 Å². The van der Waals surface area contributed by atoms with Gasteiger partial charge in [0.05, 0.1) is 0 Å². The summed E-state index contributed by atoms with van der Waals surface area (Å²) < 4.78 is 0. The van der Waals surface area contributed by atoms with E-state index in [0.29, 0.717) is 6.04 Å².